The molecular weight excluding hydrogens is 536 g/mol. The summed E-state index contributed by atoms with van der Waals surface area (Å²) in [5, 5.41) is 10.5. The molecule has 8 heteroatoms. The molecule has 2 aromatic rings. The van der Waals surface area contributed by atoms with Gasteiger partial charge in [-0.2, -0.15) is 0 Å². The summed E-state index contributed by atoms with van der Waals surface area (Å²) in [4.78, 5) is 35.4. The van der Waals surface area contributed by atoms with Gasteiger partial charge in [-0.15, -0.1) is 0 Å². The molecule has 8 nitrogen and oxygen atoms in total. The van der Waals surface area contributed by atoms with E-state index in [2.05, 4.69) is 20.1 Å². The zero-order valence-corrected chi connectivity index (χ0v) is 24.8. The third kappa shape index (κ3) is 12.7. The maximum Gasteiger partial charge on any atom is 0.343 e. The van der Waals surface area contributed by atoms with Gasteiger partial charge in [0.2, 0.25) is 6.29 Å². The number of carbonyl (C=O) groups is 3. The van der Waals surface area contributed by atoms with Gasteiger partial charge >= 0.3 is 11.9 Å². The second-order valence-corrected chi connectivity index (χ2v) is 10.1. The minimum atomic E-state index is -0.874. The van der Waals surface area contributed by atoms with Crippen molar-refractivity contribution in [2.45, 2.75) is 96.6 Å². The van der Waals surface area contributed by atoms with Crippen LogP contribution in [0.1, 0.15) is 88.4 Å². The highest BCUT2D eigenvalue weighted by atomic mass is 16.7. The molecule has 0 saturated carbocycles. The van der Waals surface area contributed by atoms with Gasteiger partial charge in [-0.25, -0.2) is 9.59 Å². The fourth-order valence-electron chi connectivity index (χ4n) is 4.17. The Bertz CT molecular complexity index is 1120. The van der Waals surface area contributed by atoms with E-state index in [0.717, 1.165) is 44.6 Å². The van der Waals surface area contributed by atoms with Crippen molar-refractivity contribution < 1.29 is 38.4 Å². The van der Waals surface area contributed by atoms with E-state index >= 15 is 0 Å². The minimum absolute atomic E-state index is 0.131. The first-order chi connectivity index (χ1) is 20.3. The summed E-state index contributed by atoms with van der Waals surface area (Å²) in [5.74, 6) is 0.187. The Hall–Kier alpha value is -3.91. The summed E-state index contributed by atoms with van der Waals surface area (Å²) in [6.45, 7) is 11.3. The first kappa shape index (κ1) is 34.3. The third-order valence-corrected chi connectivity index (χ3v) is 6.55. The van der Waals surface area contributed by atoms with Crippen molar-refractivity contribution in [2.75, 3.05) is 0 Å². The number of rotatable bonds is 21. The van der Waals surface area contributed by atoms with Gasteiger partial charge in [-0.1, -0.05) is 59.1 Å². The second kappa shape index (κ2) is 19.3. The number of benzene rings is 2. The molecule has 0 heterocycles. The lowest BCUT2D eigenvalue weighted by molar-refractivity contribution is -0.158. The monoisotopic (exact) mass is 580 g/mol. The zero-order valence-electron chi connectivity index (χ0n) is 24.8. The number of aldehydes is 1. The maximum atomic E-state index is 12.7. The maximum absolute atomic E-state index is 12.7. The number of hydrogen-bond acceptors (Lipinski definition) is 8. The van der Waals surface area contributed by atoms with Crippen LogP contribution in [0.25, 0.3) is 0 Å². The van der Waals surface area contributed by atoms with E-state index in [1.54, 1.807) is 48.5 Å². The van der Waals surface area contributed by atoms with Crippen molar-refractivity contribution in [2.24, 2.45) is 0 Å². The lowest BCUT2D eigenvalue weighted by Gasteiger charge is -2.24. The smallest absolute Gasteiger partial charge is 0.343 e. The van der Waals surface area contributed by atoms with Gasteiger partial charge in [0.1, 0.15) is 29.6 Å². The molecule has 42 heavy (non-hydrogen) atoms. The highest BCUT2D eigenvalue weighted by molar-refractivity contribution is 5.91. The van der Waals surface area contributed by atoms with Crippen LogP contribution in [0.2, 0.25) is 0 Å². The highest BCUT2D eigenvalue weighted by Gasteiger charge is 2.22. The van der Waals surface area contributed by atoms with E-state index in [1.165, 1.54) is 6.42 Å². The van der Waals surface area contributed by atoms with Crippen LogP contribution in [0.5, 0.6) is 17.2 Å². The largest absolute Gasteiger partial charge is 0.488 e. The molecule has 0 aromatic heterocycles. The summed E-state index contributed by atoms with van der Waals surface area (Å²) in [7, 11) is 0. The molecule has 0 amide bonds. The van der Waals surface area contributed by atoms with Crippen LogP contribution in [-0.4, -0.2) is 41.8 Å². The molecule has 0 fully saturated rings. The number of esters is 2. The number of aliphatic hydroxyl groups excluding tert-OH is 1. The van der Waals surface area contributed by atoms with Gasteiger partial charge in [0, 0.05) is 18.9 Å². The van der Waals surface area contributed by atoms with Gasteiger partial charge in [0.15, 0.2) is 0 Å². The van der Waals surface area contributed by atoms with E-state index in [4.69, 9.17) is 18.9 Å². The Labute approximate surface area is 249 Å². The highest BCUT2D eigenvalue weighted by Crippen LogP contribution is 2.24. The molecule has 0 aliphatic heterocycles. The lowest BCUT2D eigenvalue weighted by Crippen LogP contribution is -2.32. The van der Waals surface area contributed by atoms with Crippen LogP contribution in [0.3, 0.4) is 0 Å². The first-order valence-corrected chi connectivity index (χ1v) is 14.7. The van der Waals surface area contributed by atoms with Crippen molar-refractivity contribution >= 4 is 18.2 Å². The number of ether oxygens (including phenoxy) is 4. The van der Waals surface area contributed by atoms with E-state index in [0.29, 0.717) is 47.5 Å². The van der Waals surface area contributed by atoms with Gasteiger partial charge in [0.25, 0.3) is 0 Å². The van der Waals surface area contributed by atoms with Crippen molar-refractivity contribution in [1.29, 1.82) is 0 Å². The van der Waals surface area contributed by atoms with Crippen LogP contribution in [0, 0.1) is 0 Å². The van der Waals surface area contributed by atoms with E-state index in [1.807, 2.05) is 6.92 Å². The minimum Gasteiger partial charge on any atom is -0.488 e. The summed E-state index contributed by atoms with van der Waals surface area (Å²) in [5.41, 5.74) is 0.626. The van der Waals surface area contributed by atoms with Crippen LogP contribution in [0.4, 0.5) is 0 Å². The Morgan fingerprint density at radius 2 is 1.43 bits per heavy atom. The predicted octanol–water partition coefficient (Wildman–Crippen LogP) is 7.14. The molecular formula is C34H44O8. The number of aliphatic hydroxyl groups is 1. The normalized spacial score (nSPS) is 12.8. The molecule has 3 unspecified atom stereocenters. The Balaban J connectivity index is 1.96. The SMILES string of the molecule is C=CC(=O)OC(CCCCCCC)Oc1ccc(OC(=O)c2ccc(OC(CCCC)C(O)CC(=C)C=O)cc2)cc1. The van der Waals surface area contributed by atoms with Crippen molar-refractivity contribution in [3.63, 3.8) is 0 Å². The van der Waals surface area contributed by atoms with Crippen molar-refractivity contribution in [3.8, 4) is 17.2 Å². The summed E-state index contributed by atoms with van der Waals surface area (Å²) in [6.07, 6.45) is 8.03. The standard InChI is InChI=1S/C34H44O8/c1-5-8-10-11-12-14-33(42-32(37)7-3)40-28-19-21-29(22-20-28)41-34(38)26-15-17-27(18-16-26)39-31(13-9-6-2)30(36)23-25(4)24-35/h7,15-22,24,30-31,33,36H,3-6,8-14,23H2,1-2H3. The molecule has 228 valence electrons. The Kier molecular flexibility index (Phi) is 15.7. The zero-order chi connectivity index (χ0) is 30.7. The average Bonchev–Trinajstić information content (AvgIpc) is 2.99. The van der Waals surface area contributed by atoms with Crippen LogP contribution < -0.4 is 14.2 Å². The molecule has 0 saturated heterocycles. The molecule has 1 N–H and O–H groups in total. The molecule has 2 rings (SSSR count). The summed E-state index contributed by atoms with van der Waals surface area (Å²) in [6, 6.07) is 12.9. The molecule has 0 bridgehead atoms. The number of carbonyl (C=O) groups excluding carboxylic acids is 3. The van der Waals surface area contributed by atoms with Crippen molar-refractivity contribution in [1.82, 2.24) is 0 Å². The first-order valence-electron chi connectivity index (χ1n) is 14.7. The topological polar surface area (TPSA) is 108 Å². The molecule has 2 aromatic carbocycles. The van der Waals surface area contributed by atoms with Crippen LogP contribution in [0.15, 0.2) is 73.3 Å². The Morgan fingerprint density at radius 1 is 0.833 bits per heavy atom. The number of hydrogen-bond donors (Lipinski definition) is 1. The van der Waals surface area contributed by atoms with Crippen LogP contribution >= 0.6 is 0 Å². The molecule has 0 aliphatic rings. The second-order valence-electron chi connectivity index (χ2n) is 10.1. The average molecular weight is 581 g/mol. The predicted molar refractivity (Wildman–Crippen MR) is 162 cm³/mol. The third-order valence-electron chi connectivity index (χ3n) is 6.55. The van der Waals surface area contributed by atoms with Crippen molar-refractivity contribution in [3.05, 3.63) is 78.9 Å². The van der Waals surface area contributed by atoms with Gasteiger partial charge < -0.3 is 24.1 Å². The van der Waals surface area contributed by atoms with Gasteiger partial charge in [-0.05, 0) is 73.4 Å². The molecule has 0 radical (unpaired) electrons. The molecule has 0 aliphatic carbocycles. The fraction of sp³-hybridized carbons (Fsp3) is 0.441. The van der Waals surface area contributed by atoms with Gasteiger partial charge in [0.05, 0.1) is 11.7 Å². The Morgan fingerprint density at radius 3 is 2.05 bits per heavy atom. The number of unbranched alkanes of at least 4 members (excludes halogenated alkanes) is 5. The van der Waals surface area contributed by atoms with Gasteiger partial charge in [-0.3, -0.25) is 4.79 Å². The van der Waals surface area contributed by atoms with E-state index in [-0.39, 0.29) is 6.42 Å². The van der Waals surface area contributed by atoms with Crippen LogP contribution in [-0.2, 0) is 14.3 Å². The molecule has 3 atom stereocenters. The lowest BCUT2D eigenvalue weighted by atomic mass is 10.0. The quantitative estimate of drug-likeness (QED) is 0.0414. The van der Waals surface area contributed by atoms with E-state index in [9.17, 15) is 19.5 Å². The molecule has 0 spiro atoms. The van der Waals surface area contributed by atoms with E-state index < -0.39 is 30.4 Å². The summed E-state index contributed by atoms with van der Waals surface area (Å²) < 4.78 is 22.7. The fourth-order valence-corrected chi connectivity index (χ4v) is 4.17. The summed E-state index contributed by atoms with van der Waals surface area (Å²) >= 11 is 0.